The molecule has 6 rings (SSSR count). The van der Waals surface area contributed by atoms with Crippen molar-refractivity contribution in [3.8, 4) is 12.1 Å². The third-order valence-corrected chi connectivity index (χ3v) is 9.58. The molecule has 0 bridgehead atoms. The number of aryl methyl sites for hydroxylation is 1. The second-order valence-electron chi connectivity index (χ2n) is 11.7. The molecule has 4 heterocycles. The number of anilines is 1. The highest BCUT2D eigenvalue weighted by Crippen LogP contribution is 2.43. The van der Waals surface area contributed by atoms with Crippen LogP contribution in [0.15, 0.2) is 30.9 Å². The topological polar surface area (TPSA) is 88.8 Å². The number of likely N-dealkylation sites (N-methyl/N-ethyl adjacent to an activating group) is 1. The predicted molar refractivity (Wildman–Crippen MR) is 158 cm³/mol. The van der Waals surface area contributed by atoms with Gasteiger partial charge in [-0.05, 0) is 69.0 Å². The molecular weight excluding hydrogens is 538 g/mol. The summed E-state index contributed by atoms with van der Waals surface area (Å²) in [5.74, 6) is 0.720. The zero-order valence-electron chi connectivity index (χ0n) is 23.8. The van der Waals surface area contributed by atoms with Gasteiger partial charge in [-0.1, -0.05) is 30.3 Å². The molecule has 0 saturated carbocycles. The molecule has 41 heavy (non-hydrogen) atoms. The first-order valence-corrected chi connectivity index (χ1v) is 15.1. The molecule has 1 amide bonds. The van der Waals surface area contributed by atoms with Gasteiger partial charge in [0.1, 0.15) is 12.4 Å². The van der Waals surface area contributed by atoms with Crippen LogP contribution in [0.25, 0.3) is 0 Å². The Morgan fingerprint density at radius 3 is 2.85 bits per heavy atom. The van der Waals surface area contributed by atoms with Gasteiger partial charge in [-0.15, -0.1) is 0 Å². The summed E-state index contributed by atoms with van der Waals surface area (Å²) in [4.78, 5) is 31.3. The number of benzene rings is 1. The van der Waals surface area contributed by atoms with Crippen molar-refractivity contribution < 1.29 is 9.53 Å². The monoisotopic (exact) mass is 575 g/mol. The highest BCUT2D eigenvalue weighted by molar-refractivity contribution is 6.31. The molecule has 9 nitrogen and oxygen atoms in total. The lowest BCUT2D eigenvalue weighted by molar-refractivity contribution is -0.128. The van der Waals surface area contributed by atoms with Gasteiger partial charge in [-0.25, -0.2) is 0 Å². The SMILES string of the molecule is C=CC(=O)N1CCN(c2nc(OC[C@@H]3CCCN3C)nc3c2CN(C2CCCc4cccc(Cl)c42)C3)C[C@@H]1CC#N. The molecule has 216 valence electrons. The van der Waals surface area contributed by atoms with Crippen molar-refractivity contribution in [2.45, 2.75) is 69.7 Å². The molecule has 1 unspecified atom stereocenters. The maximum Gasteiger partial charge on any atom is 0.318 e. The predicted octanol–water partition coefficient (Wildman–Crippen LogP) is 4.11. The number of amides is 1. The smallest absolute Gasteiger partial charge is 0.318 e. The Labute approximate surface area is 247 Å². The first-order chi connectivity index (χ1) is 20.0. The van der Waals surface area contributed by atoms with Crippen LogP contribution in [0.4, 0.5) is 5.82 Å². The van der Waals surface area contributed by atoms with Crippen molar-refractivity contribution in [3.05, 3.63) is 58.3 Å². The average molecular weight is 576 g/mol. The number of carbonyl (C=O) groups excluding carboxylic acids is 1. The number of hydrogen-bond donors (Lipinski definition) is 0. The molecule has 1 aromatic carbocycles. The molecule has 2 aromatic rings. The van der Waals surface area contributed by atoms with E-state index < -0.39 is 0 Å². The lowest BCUT2D eigenvalue weighted by atomic mass is 9.87. The summed E-state index contributed by atoms with van der Waals surface area (Å²) in [6.07, 6.45) is 7.11. The summed E-state index contributed by atoms with van der Waals surface area (Å²) in [6.45, 7) is 8.38. The Hall–Kier alpha value is -3.19. The Morgan fingerprint density at radius 1 is 1.20 bits per heavy atom. The first kappa shape index (κ1) is 28.0. The molecule has 3 aliphatic heterocycles. The Kier molecular flexibility index (Phi) is 8.16. The lowest BCUT2D eigenvalue weighted by Crippen LogP contribution is -2.55. The average Bonchev–Trinajstić information content (AvgIpc) is 3.61. The summed E-state index contributed by atoms with van der Waals surface area (Å²) >= 11 is 6.76. The summed E-state index contributed by atoms with van der Waals surface area (Å²) in [6, 6.07) is 9.27. The van der Waals surface area contributed by atoms with E-state index in [0.29, 0.717) is 44.8 Å². The number of ether oxygens (including phenoxy) is 1. The Bertz CT molecular complexity index is 1360. The van der Waals surface area contributed by atoms with E-state index in [1.165, 1.54) is 23.6 Å². The number of aromatic nitrogens is 2. The van der Waals surface area contributed by atoms with Crippen LogP contribution in [0.3, 0.4) is 0 Å². The van der Waals surface area contributed by atoms with Crippen molar-refractivity contribution in [1.82, 2.24) is 24.7 Å². The number of rotatable bonds is 7. The van der Waals surface area contributed by atoms with Gasteiger partial charge in [0, 0.05) is 55.4 Å². The van der Waals surface area contributed by atoms with Crippen molar-refractivity contribution in [2.75, 3.05) is 44.7 Å². The van der Waals surface area contributed by atoms with Crippen LogP contribution < -0.4 is 9.64 Å². The van der Waals surface area contributed by atoms with Crippen LogP contribution in [0, 0.1) is 11.3 Å². The number of hydrogen-bond acceptors (Lipinski definition) is 8. The van der Waals surface area contributed by atoms with Gasteiger partial charge in [0.25, 0.3) is 0 Å². The van der Waals surface area contributed by atoms with E-state index >= 15 is 0 Å². The number of nitrogens with zero attached hydrogens (tertiary/aromatic N) is 7. The lowest BCUT2D eigenvalue weighted by Gasteiger charge is -2.41. The van der Waals surface area contributed by atoms with Gasteiger partial charge in [0.05, 0.1) is 24.2 Å². The molecular formula is C31H38ClN7O2. The van der Waals surface area contributed by atoms with E-state index in [1.807, 2.05) is 12.1 Å². The van der Waals surface area contributed by atoms with Crippen molar-refractivity contribution in [3.63, 3.8) is 0 Å². The van der Waals surface area contributed by atoms with E-state index in [2.05, 4.69) is 40.5 Å². The van der Waals surface area contributed by atoms with Gasteiger partial charge in [-0.2, -0.15) is 15.2 Å². The molecule has 2 fully saturated rings. The molecule has 0 N–H and O–H groups in total. The fraction of sp³-hybridized carbons (Fsp3) is 0.548. The molecule has 1 aliphatic carbocycles. The number of piperazine rings is 1. The Morgan fingerprint density at radius 2 is 2.07 bits per heavy atom. The minimum absolute atomic E-state index is 0.137. The van der Waals surface area contributed by atoms with Gasteiger partial charge in [0.15, 0.2) is 0 Å². The normalized spacial score (nSPS) is 24.6. The van der Waals surface area contributed by atoms with E-state index in [-0.39, 0.29) is 24.4 Å². The van der Waals surface area contributed by atoms with Gasteiger partial charge in [-0.3, -0.25) is 9.69 Å². The largest absolute Gasteiger partial charge is 0.462 e. The second-order valence-corrected chi connectivity index (χ2v) is 12.1. The molecule has 3 atom stereocenters. The minimum atomic E-state index is -0.233. The number of halogens is 1. The number of nitriles is 1. The fourth-order valence-corrected chi connectivity index (χ4v) is 7.37. The highest BCUT2D eigenvalue weighted by atomic mass is 35.5. The van der Waals surface area contributed by atoms with E-state index in [9.17, 15) is 10.1 Å². The summed E-state index contributed by atoms with van der Waals surface area (Å²) in [7, 11) is 2.14. The molecule has 0 radical (unpaired) electrons. The Balaban J connectivity index is 1.31. The standard InChI is InChI=1S/C31H38ClN7O2/c1-3-28(40)39-16-15-37(17-22(39)12-13-33)30-24-18-38(27-11-5-8-21-7-4-10-25(32)29(21)27)19-26(24)34-31(35-30)41-20-23-9-6-14-36(23)2/h3-4,7,10,22-23,27H,1,5-6,8-9,11-12,14-20H2,2H3/t22-,23-,27?/m0/s1. The van der Waals surface area contributed by atoms with Crippen molar-refractivity contribution >= 4 is 23.3 Å². The van der Waals surface area contributed by atoms with Gasteiger partial charge < -0.3 is 19.4 Å². The zero-order chi connectivity index (χ0) is 28.5. The third-order valence-electron chi connectivity index (χ3n) is 9.25. The summed E-state index contributed by atoms with van der Waals surface area (Å²) < 4.78 is 6.26. The maximum absolute atomic E-state index is 12.5. The van der Waals surface area contributed by atoms with Gasteiger partial charge in [0.2, 0.25) is 5.91 Å². The van der Waals surface area contributed by atoms with E-state index in [1.54, 1.807) is 4.90 Å². The molecule has 4 aliphatic rings. The van der Waals surface area contributed by atoms with Gasteiger partial charge >= 0.3 is 6.01 Å². The molecule has 0 spiro atoms. The van der Waals surface area contributed by atoms with Crippen LogP contribution in [0.2, 0.25) is 5.02 Å². The van der Waals surface area contributed by atoms with Crippen molar-refractivity contribution in [1.29, 1.82) is 5.26 Å². The van der Waals surface area contributed by atoms with Crippen molar-refractivity contribution in [2.24, 2.45) is 0 Å². The molecule has 1 aromatic heterocycles. The second kappa shape index (κ2) is 12.0. The fourth-order valence-electron chi connectivity index (χ4n) is 7.05. The van der Waals surface area contributed by atoms with Crippen LogP contribution in [-0.2, 0) is 24.3 Å². The van der Waals surface area contributed by atoms with Crippen LogP contribution in [0.1, 0.15) is 60.5 Å². The van der Waals surface area contributed by atoms with E-state index in [0.717, 1.165) is 60.9 Å². The maximum atomic E-state index is 12.5. The quantitative estimate of drug-likeness (QED) is 0.456. The van der Waals surface area contributed by atoms with Crippen LogP contribution in [-0.4, -0.2) is 82.5 Å². The third kappa shape index (κ3) is 5.53. The number of likely N-dealkylation sites (tertiary alicyclic amines) is 1. The van der Waals surface area contributed by atoms with Crippen LogP contribution >= 0.6 is 11.6 Å². The van der Waals surface area contributed by atoms with E-state index in [4.69, 9.17) is 26.3 Å². The number of carbonyl (C=O) groups is 1. The van der Waals surface area contributed by atoms with Crippen LogP contribution in [0.5, 0.6) is 6.01 Å². The zero-order valence-corrected chi connectivity index (χ0v) is 24.5. The summed E-state index contributed by atoms with van der Waals surface area (Å²) in [5, 5.41) is 10.4. The highest BCUT2D eigenvalue weighted by Gasteiger charge is 2.37. The first-order valence-electron chi connectivity index (χ1n) is 14.8. The molecule has 2 saturated heterocycles. The minimum Gasteiger partial charge on any atom is -0.462 e. The number of fused-ring (bicyclic) bond motifs is 2. The summed E-state index contributed by atoms with van der Waals surface area (Å²) in [5.41, 5.74) is 4.68. The molecule has 10 heteroatoms.